The topological polar surface area (TPSA) is 42.4 Å². The molecule has 2 rings (SSSR count). The fourth-order valence-corrected chi connectivity index (χ4v) is 3.33. The number of hydrogen-bond donors (Lipinski definition) is 0. The van der Waals surface area contributed by atoms with Gasteiger partial charge in [0.05, 0.1) is 23.6 Å². The summed E-state index contributed by atoms with van der Waals surface area (Å²) in [4.78, 5) is 18.5. The van der Waals surface area contributed by atoms with Gasteiger partial charge in [0.25, 0.3) is 0 Å². The first kappa shape index (κ1) is 14.8. The molecule has 6 heteroatoms. The lowest BCUT2D eigenvalue weighted by Crippen LogP contribution is -2.50. The highest BCUT2D eigenvalue weighted by atomic mass is 35.5. The van der Waals surface area contributed by atoms with Gasteiger partial charge in [-0.3, -0.25) is 4.79 Å². The first-order valence-electron chi connectivity index (χ1n) is 6.38. The van der Waals surface area contributed by atoms with E-state index in [1.807, 2.05) is 10.3 Å². The van der Waals surface area contributed by atoms with Gasteiger partial charge in [0.15, 0.2) is 0 Å². The molecule has 0 aliphatic carbocycles. The smallest absolute Gasteiger partial charge is 0.229 e. The predicted molar refractivity (Wildman–Crippen MR) is 76.6 cm³/mol. The molecule has 0 radical (unpaired) electrons. The number of ether oxygens (including phenoxy) is 1. The highest BCUT2D eigenvalue weighted by molar-refractivity contribution is 7.09. The Bertz CT molecular complexity index is 452. The Balaban J connectivity index is 1.96. The summed E-state index contributed by atoms with van der Waals surface area (Å²) >= 11 is 7.21. The molecule has 1 fully saturated rings. The fraction of sp³-hybridized carbons (Fsp3) is 0.692. The Morgan fingerprint density at radius 3 is 3.11 bits per heavy atom. The van der Waals surface area contributed by atoms with Crippen molar-refractivity contribution in [3.8, 4) is 0 Å². The van der Waals surface area contributed by atoms with Gasteiger partial charge in [-0.2, -0.15) is 0 Å². The van der Waals surface area contributed by atoms with Crippen LogP contribution in [0.4, 0.5) is 0 Å². The van der Waals surface area contributed by atoms with Crippen molar-refractivity contribution in [1.82, 2.24) is 9.88 Å². The number of alkyl halides is 1. The van der Waals surface area contributed by atoms with Crippen LogP contribution in [0.1, 0.15) is 30.5 Å². The number of amides is 1. The Kier molecular flexibility index (Phi) is 4.81. The summed E-state index contributed by atoms with van der Waals surface area (Å²) in [6, 6.07) is 0. The van der Waals surface area contributed by atoms with Gasteiger partial charge in [-0.05, 0) is 19.8 Å². The highest BCUT2D eigenvalue weighted by Crippen LogP contribution is 2.24. The number of rotatable bonds is 4. The molecule has 1 aromatic heterocycles. The van der Waals surface area contributed by atoms with Gasteiger partial charge in [0.1, 0.15) is 5.01 Å². The van der Waals surface area contributed by atoms with E-state index >= 15 is 0 Å². The normalized spacial score (nSPS) is 23.6. The average molecular weight is 303 g/mol. The van der Waals surface area contributed by atoms with E-state index in [1.165, 1.54) is 11.3 Å². The lowest BCUT2D eigenvalue weighted by molar-refractivity contribution is -0.138. The van der Waals surface area contributed by atoms with E-state index in [0.29, 0.717) is 18.8 Å². The molecule has 1 saturated heterocycles. The number of hydrogen-bond acceptors (Lipinski definition) is 4. The molecule has 0 saturated carbocycles. The van der Waals surface area contributed by atoms with Crippen LogP contribution < -0.4 is 0 Å². The Labute approximate surface area is 122 Å². The molecule has 1 amide bonds. The summed E-state index contributed by atoms with van der Waals surface area (Å²) in [7, 11) is 1.71. The minimum Gasteiger partial charge on any atom is -0.377 e. The molecule has 2 heterocycles. The molecule has 1 aliphatic heterocycles. The van der Waals surface area contributed by atoms with Crippen LogP contribution in [0, 0.1) is 0 Å². The lowest BCUT2D eigenvalue weighted by atomic mass is 9.94. The van der Waals surface area contributed by atoms with E-state index in [4.69, 9.17) is 16.3 Å². The lowest BCUT2D eigenvalue weighted by Gasteiger charge is -2.39. The monoisotopic (exact) mass is 302 g/mol. The average Bonchev–Trinajstić information content (AvgIpc) is 2.86. The summed E-state index contributed by atoms with van der Waals surface area (Å²) in [5, 5.41) is 2.75. The number of carbonyl (C=O) groups is 1. The molecular weight excluding hydrogens is 284 g/mol. The SMILES string of the molecule is COC1(C)CCCN(C(=O)Cc2nc(CCl)cs2)C1. The zero-order valence-electron chi connectivity index (χ0n) is 11.3. The Morgan fingerprint density at radius 1 is 1.68 bits per heavy atom. The maximum Gasteiger partial charge on any atom is 0.229 e. The van der Waals surface area contributed by atoms with Crippen molar-refractivity contribution in [1.29, 1.82) is 0 Å². The Hall–Kier alpha value is -0.650. The molecule has 0 bridgehead atoms. The highest BCUT2D eigenvalue weighted by Gasteiger charge is 2.33. The van der Waals surface area contributed by atoms with E-state index in [-0.39, 0.29) is 11.5 Å². The minimum absolute atomic E-state index is 0.124. The maximum absolute atomic E-state index is 12.3. The zero-order valence-corrected chi connectivity index (χ0v) is 12.9. The van der Waals surface area contributed by atoms with Crippen LogP contribution in [-0.2, 0) is 21.8 Å². The third-order valence-electron chi connectivity index (χ3n) is 3.54. The molecular formula is C13H19ClN2O2S. The van der Waals surface area contributed by atoms with Gasteiger partial charge in [-0.15, -0.1) is 22.9 Å². The van der Waals surface area contributed by atoms with Crippen LogP contribution in [0.15, 0.2) is 5.38 Å². The van der Waals surface area contributed by atoms with Crippen LogP contribution in [0.5, 0.6) is 0 Å². The van der Waals surface area contributed by atoms with Crippen molar-refractivity contribution in [2.45, 2.75) is 37.7 Å². The summed E-state index contributed by atoms with van der Waals surface area (Å²) in [6.45, 7) is 3.53. The fourth-order valence-electron chi connectivity index (χ4n) is 2.32. The largest absolute Gasteiger partial charge is 0.377 e. The number of carbonyl (C=O) groups excluding carboxylic acids is 1. The van der Waals surface area contributed by atoms with Gasteiger partial charge >= 0.3 is 0 Å². The van der Waals surface area contributed by atoms with Crippen molar-refractivity contribution in [2.24, 2.45) is 0 Å². The van der Waals surface area contributed by atoms with Gasteiger partial charge in [-0.25, -0.2) is 4.98 Å². The van der Waals surface area contributed by atoms with E-state index in [2.05, 4.69) is 11.9 Å². The second-order valence-electron chi connectivity index (χ2n) is 5.12. The van der Waals surface area contributed by atoms with Crippen molar-refractivity contribution >= 4 is 28.8 Å². The van der Waals surface area contributed by atoms with Crippen LogP contribution in [0.3, 0.4) is 0 Å². The number of piperidine rings is 1. The van der Waals surface area contributed by atoms with Gasteiger partial charge in [0, 0.05) is 25.6 Å². The predicted octanol–water partition coefficient (Wildman–Crippen LogP) is 2.45. The zero-order chi connectivity index (χ0) is 13.9. The van der Waals surface area contributed by atoms with E-state index in [0.717, 1.165) is 30.1 Å². The molecule has 0 aromatic carbocycles. The van der Waals surface area contributed by atoms with Crippen molar-refractivity contribution in [3.05, 3.63) is 16.1 Å². The molecule has 106 valence electrons. The molecule has 1 aromatic rings. The molecule has 1 atom stereocenters. The van der Waals surface area contributed by atoms with E-state index < -0.39 is 0 Å². The van der Waals surface area contributed by atoms with Crippen LogP contribution in [0.2, 0.25) is 0 Å². The van der Waals surface area contributed by atoms with Crippen molar-refractivity contribution in [2.75, 3.05) is 20.2 Å². The summed E-state index contributed by atoms with van der Waals surface area (Å²) in [5.74, 6) is 0.523. The second kappa shape index (κ2) is 6.20. The quantitative estimate of drug-likeness (QED) is 0.802. The van der Waals surface area contributed by atoms with E-state index in [1.54, 1.807) is 7.11 Å². The molecule has 0 N–H and O–H groups in total. The maximum atomic E-state index is 12.3. The minimum atomic E-state index is -0.210. The van der Waals surface area contributed by atoms with Crippen LogP contribution >= 0.6 is 22.9 Å². The van der Waals surface area contributed by atoms with Gasteiger partial charge < -0.3 is 9.64 Å². The molecule has 4 nitrogen and oxygen atoms in total. The first-order chi connectivity index (χ1) is 9.06. The molecule has 1 unspecified atom stereocenters. The third kappa shape index (κ3) is 3.68. The van der Waals surface area contributed by atoms with Crippen LogP contribution in [0.25, 0.3) is 0 Å². The van der Waals surface area contributed by atoms with E-state index in [9.17, 15) is 4.79 Å². The molecule has 19 heavy (non-hydrogen) atoms. The Morgan fingerprint density at radius 2 is 2.47 bits per heavy atom. The van der Waals surface area contributed by atoms with Crippen molar-refractivity contribution in [3.63, 3.8) is 0 Å². The van der Waals surface area contributed by atoms with Crippen LogP contribution in [-0.4, -0.2) is 41.6 Å². The van der Waals surface area contributed by atoms with Gasteiger partial charge in [0.2, 0.25) is 5.91 Å². The number of halogens is 1. The molecule has 1 aliphatic rings. The standard InChI is InChI=1S/C13H19ClN2O2S/c1-13(18-2)4-3-5-16(9-13)12(17)6-11-15-10(7-14)8-19-11/h8H,3-7,9H2,1-2H3. The summed E-state index contributed by atoms with van der Waals surface area (Å²) < 4.78 is 5.51. The summed E-state index contributed by atoms with van der Waals surface area (Å²) in [5.41, 5.74) is 0.632. The number of likely N-dealkylation sites (tertiary alicyclic amines) is 1. The number of aromatic nitrogens is 1. The first-order valence-corrected chi connectivity index (χ1v) is 7.80. The van der Waals surface area contributed by atoms with Gasteiger partial charge in [-0.1, -0.05) is 0 Å². The summed E-state index contributed by atoms with van der Waals surface area (Å²) in [6.07, 6.45) is 2.35. The number of thiazole rings is 1. The number of methoxy groups -OCH3 is 1. The second-order valence-corrected chi connectivity index (χ2v) is 6.33. The van der Waals surface area contributed by atoms with Crippen molar-refractivity contribution < 1.29 is 9.53 Å². The molecule has 0 spiro atoms. The number of nitrogens with zero attached hydrogens (tertiary/aromatic N) is 2. The third-order valence-corrected chi connectivity index (χ3v) is 4.71.